The molecule has 5 rings (SSSR count). The van der Waals surface area contributed by atoms with Crippen molar-refractivity contribution in [3.63, 3.8) is 0 Å². The molecule has 1 atom stereocenters. The Hall–Kier alpha value is -3.36. The van der Waals surface area contributed by atoms with E-state index in [0.717, 1.165) is 25.1 Å². The highest BCUT2D eigenvalue weighted by Crippen LogP contribution is 2.40. The van der Waals surface area contributed by atoms with Crippen molar-refractivity contribution in [1.82, 2.24) is 9.80 Å². The molecule has 0 aliphatic carbocycles. The maximum Gasteiger partial charge on any atom is 0.290 e. The highest BCUT2D eigenvalue weighted by molar-refractivity contribution is 5.99. The lowest BCUT2D eigenvalue weighted by Gasteiger charge is -2.31. The Balaban J connectivity index is 1.58. The lowest BCUT2D eigenvalue weighted by Crippen LogP contribution is -2.42. The molecule has 0 bridgehead atoms. The SMILES string of the molecule is CCCOc1ccc(C2c3c(oc4ccccc4c3=O)C(=O)N2CCN2CCOCC2)cc1OC. The topological polar surface area (TPSA) is 81.5 Å². The summed E-state index contributed by atoms with van der Waals surface area (Å²) in [4.78, 5) is 31.3. The number of fused-ring (bicyclic) bond motifs is 2. The third kappa shape index (κ3) is 4.39. The number of carbonyl (C=O) groups excluding carboxylic acids is 1. The molecule has 0 spiro atoms. The van der Waals surface area contributed by atoms with Crippen LogP contribution in [0.15, 0.2) is 51.7 Å². The predicted octanol–water partition coefficient (Wildman–Crippen LogP) is 3.47. The van der Waals surface area contributed by atoms with Crippen molar-refractivity contribution in [2.24, 2.45) is 0 Å². The van der Waals surface area contributed by atoms with E-state index in [2.05, 4.69) is 4.90 Å². The zero-order valence-corrected chi connectivity index (χ0v) is 20.1. The molecule has 8 nitrogen and oxygen atoms in total. The maximum atomic E-state index is 13.6. The average molecular weight is 479 g/mol. The summed E-state index contributed by atoms with van der Waals surface area (Å²) in [5.74, 6) is 1.04. The van der Waals surface area contributed by atoms with Gasteiger partial charge in [-0.3, -0.25) is 14.5 Å². The lowest BCUT2D eigenvalue weighted by molar-refractivity contribution is 0.0314. The average Bonchev–Trinajstić information content (AvgIpc) is 3.18. The van der Waals surface area contributed by atoms with Gasteiger partial charge in [0.25, 0.3) is 5.91 Å². The number of hydrogen-bond donors (Lipinski definition) is 0. The minimum absolute atomic E-state index is 0.117. The van der Waals surface area contributed by atoms with Crippen LogP contribution in [0.4, 0.5) is 0 Å². The summed E-state index contributed by atoms with van der Waals surface area (Å²) < 4.78 is 22.9. The fourth-order valence-electron chi connectivity index (χ4n) is 4.80. The van der Waals surface area contributed by atoms with E-state index < -0.39 is 6.04 Å². The number of benzene rings is 2. The van der Waals surface area contributed by atoms with E-state index in [1.54, 1.807) is 36.3 Å². The van der Waals surface area contributed by atoms with Crippen LogP contribution in [0, 0.1) is 0 Å². The molecule has 2 aliphatic rings. The number of morpholine rings is 1. The van der Waals surface area contributed by atoms with Crippen molar-refractivity contribution in [3.8, 4) is 11.5 Å². The Morgan fingerprint density at radius 2 is 1.83 bits per heavy atom. The van der Waals surface area contributed by atoms with E-state index in [9.17, 15) is 9.59 Å². The molecule has 1 aromatic heterocycles. The standard InChI is InChI=1S/C27H30N2O6/c1-3-14-34-21-9-8-18(17-22(21)32-2)24-23-25(30)19-6-4-5-7-20(19)35-26(23)27(31)29(24)11-10-28-12-15-33-16-13-28/h4-9,17,24H,3,10-16H2,1-2H3. The number of nitrogens with zero attached hydrogens (tertiary/aromatic N) is 2. The molecule has 3 heterocycles. The molecule has 8 heteroatoms. The zero-order chi connectivity index (χ0) is 24.4. The Morgan fingerprint density at radius 1 is 1.03 bits per heavy atom. The van der Waals surface area contributed by atoms with Gasteiger partial charge in [-0.2, -0.15) is 0 Å². The van der Waals surface area contributed by atoms with Crippen LogP contribution in [0.3, 0.4) is 0 Å². The van der Waals surface area contributed by atoms with Crippen molar-refractivity contribution in [2.45, 2.75) is 19.4 Å². The second-order valence-electron chi connectivity index (χ2n) is 8.78. The highest BCUT2D eigenvalue weighted by atomic mass is 16.5. The van der Waals surface area contributed by atoms with E-state index in [-0.39, 0.29) is 17.1 Å². The van der Waals surface area contributed by atoms with Crippen LogP contribution in [-0.4, -0.2) is 68.8 Å². The van der Waals surface area contributed by atoms with Gasteiger partial charge in [-0.15, -0.1) is 0 Å². The molecule has 0 saturated carbocycles. The van der Waals surface area contributed by atoms with Crippen molar-refractivity contribution in [1.29, 1.82) is 0 Å². The van der Waals surface area contributed by atoms with Gasteiger partial charge < -0.3 is 23.5 Å². The zero-order valence-electron chi connectivity index (χ0n) is 20.1. The third-order valence-corrected chi connectivity index (χ3v) is 6.60. The van der Waals surface area contributed by atoms with E-state index >= 15 is 0 Å². The van der Waals surface area contributed by atoms with Gasteiger partial charge in [-0.05, 0) is 36.2 Å². The van der Waals surface area contributed by atoms with E-state index in [1.807, 2.05) is 25.1 Å². The van der Waals surface area contributed by atoms with Gasteiger partial charge in [0.15, 0.2) is 16.9 Å². The van der Waals surface area contributed by atoms with Crippen LogP contribution in [0.1, 0.15) is 41.1 Å². The second-order valence-corrected chi connectivity index (χ2v) is 8.78. The molecule has 35 heavy (non-hydrogen) atoms. The summed E-state index contributed by atoms with van der Waals surface area (Å²) in [7, 11) is 1.59. The van der Waals surface area contributed by atoms with E-state index in [1.165, 1.54) is 0 Å². The number of ether oxygens (including phenoxy) is 3. The van der Waals surface area contributed by atoms with Gasteiger partial charge in [-0.25, -0.2) is 0 Å². The Kier molecular flexibility index (Phi) is 6.74. The van der Waals surface area contributed by atoms with Crippen LogP contribution in [0.5, 0.6) is 11.5 Å². The fourth-order valence-corrected chi connectivity index (χ4v) is 4.80. The molecule has 2 aromatic carbocycles. The first kappa shape index (κ1) is 23.4. The number of amides is 1. The quantitative estimate of drug-likeness (QED) is 0.490. The van der Waals surface area contributed by atoms with Crippen molar-refractivity contribution in [3.05, 3.63) is 69.6 Å². The third-order valence-electron chi connectivity index (χ3n) is 6.60. The first-order valence-corrected chi connectivity index (χ1v) is 12.1. The molecule has 3 aromatic rings. The van der Waals surface area contributed by atoms with Gasteiger partial charge in [0.05, 0.1) is 43.9 Å². The Bertz CT molecular complexity index is 1280. The molecular weight excluding hydrogens is 448 g/mol. The van der Waals surface area contributed by atoms with Crippen molar-refractivity contribution >= 4 is 16.9 Å². The molecule has 2 aliphatic heterocycles. The van der Waals surface area contributed by atoms with Gasteiger partial charge in [0, 0.05) is 26.2 Å². The Morgan fingerprint density at radius 3 is 2.60 bits per heavy atom. The number of carbonyl (C=O) groups is 1. The van der Waals surface area contributed by atoms with Crippen molar-refractivity contribution < 1.29 is 23.4 Å². The normalized spacial score (nSPS) is 18.2. The van der Waals surface area contributed by atoms with E-state index in [0.29, 0.717) is 60.9 Å². The molecule has 1 saturated heterocycles. The van der Waals surface area contributed by atoms with Crippen LogP contribution < -0.4 is 14.9 Å². The number of para-hydroxylation sites is 1. The molecular formula is C27H30N2O6. The van der Waals surface area contributed by atoms with Crippen LogP contribution in [-0.2, 0) is 4.74 Å². The number of methoxy groups -OCH3 is 1. The molecule has 1 unspecified atom stereocenters. The molecule has 1 fully saturated rings. The molecule has 0 radical (unpaired) electrons. The Labute approximate surface area is 204 Å². The summed E-state index contributed by atoms with van der Waals surface area (Å²) >= 11 is 0. The predicted molar refractivity (Wildman–Crippen MR) is 131 cm³/mol. The first-order chi connectivity index (χ1) is 17.1. The van der Waals surface area contributed by atoms with Gasteiger partial charge in [0.2, 0.25) is 5.76 Å². The largest absolute Gasteiger partial charge is 0.493 e. The number of hydrogen-bond acceptors (Lipinski definition) is 7. The van der Waals surface area contributed by atoms with Crippen molar-refractivity contribution in [2.75, 3.05) is 53.1 Å². The van der Waals surface area contributed by atoms with Crippen LogP contribution in [0.2, 0.25) is 0 Å². The monoisotopic (exact) mass is 478 g/mol. The summed E-state index contributed by atoms with van der Waals surface area (Å²) in [6.07, 6.45) is 0.874. The van der Waals surface area contributed by atoms with Gasteiger partial charge in [0.1, 0.15) is 5.58 Å². The maximum absolute atomic E-state index is 13.6. The van der Waals surface area contributed by atoms with E-state index in [4.69, 9.17) is 18.6 Å². The summed E-state index contributed by atoms with van der Waals surface area (Å²) in [6, 6.07) is 12.1. The summed E-state index contributed by atoms with van der Waals surface area (Å²) in [5.41, 5.74) is 1.39. The molecule has 1 amide bonds. The highest BCUT2D eigenvalue weighted by Gasteiger charge is 2.43. The minimum atomic E-state index is -0.575. The lowest BCUT2D eigenvalue weighted by atomic mass is 9.98. The minimum Gasteiger partial charge on any atom is -0.493 e. The second kappa shape index (κ2) is 10.1. The molecule has 0 N–H and O–H groups in total. The molecule has 184 valence electrons. The summed E-state index contributed by atoms with van der Waals surface area (Å²) in [6.45, 7) is 6.75. The van der Waals surface area contributed by atoms with Gasteiger partial charge in [-0.1, -0.05) is 25.1 Å². The summed E-state index contributed by atoms with van der Waals surface area (Å²) in [5, 5.41) is 0.467. The smallest absolute Gasteiger partial charge is 0.290 e. The van der Waals surface area contributed by atoms with Gasteiger partial charge >= 0.3 is 0 Å². The first-order valence-electron chi connectivity index (χ1n) is 12.1. The van der Waals surface area contributed by atoms with Crippen LogP contribution >= 0.6 is 0 Å². The number of rotatable bonds is 8. The van der Waals surface area contributed by atoms with Crippen LogP contribution in [0.25, 0.3) is 11.0 Å². The fraction of sp³-hybridized carbons (Fsp3) is 0.407.